The van der Waals surface area contributed by atoms with Crippen molar-refractivity contribution in [3.63, 3.8) is 0 Å². The predicted octanol–water partition coefficient (Wildman–Crippen LogP) is 0.999. The lowest BCUT2D eigenvalue weighted by molar-refractivity contribution is -0.117. The lowest BCUT2D eigenvalue weighted by atomic mass is 10.2. The average Bonchev–Trinajstić information content (AvgIpc) is 2.86. The van der Waals surface area contributed by atoms with Gasteiger partial charge >= 0.3 is 0 Å². The molecule has 6 nitrogen and oxygen atoms in total. The minimum absolute atomic E-state index is 0.106. The second kappa shape index (κ2) is 7.11. The maximum Gasteiger partial charge on any atom is 0.264 e. The number of amides is 2. The topological polar surface area (TPSA) is 93.4 Å². The minimum Gasteiger partial charge on any atom is -0.396 e. The lowest BCUT2D eigenvalue weighted by Crippen LogP contribution is -2.31. The number of carbonyl (C=O) groups excluding carboxylic acids is 2. The second-order valence-corrected chi connectivity index (χ2v) is 5.69. The normalized spacial score (nSPS) is 19.8. The maximum atomic E-state index is 12.6. The number of anilines is 1. The molecule has 1 atom stereocenters. The minimum atomic E-state index is -0.539. The molecular weight excluding hydrogens is 302 g/mol. The van der Waals surface area contributed by atoms with E-state index < -0.39 is 11.2 Å². The monoisotopic (exact) mass is 317 g/mol. The molecule has 1 aromatic carbocycles. The predicted molar refractivity (Wildman–Crippen MR) is 83.7 cm³/mol. The van der Waals surface area contributed by atoms with Crippen molar-refractivity contribution in [1.29, 1.82) is 5.26 Å². The summed E-state index contributed by atoms with van der Waals surface area (Å²) in [7, 11) is 1.43. The van der Waals surface area contributed by atoms with Gasteiger partial charge in [0.15, 0.2) is 0 Å². The second-order valence-electron chi connectivity index (χ2n) is 4.50. The number of likely N-dealkylation sites (N-methyl/N-ethyl adjacent to an activating group) is 1. The van der Waals surface area contributed by atoms with E-state index in [1.807, 2.05) is 12.1 Å². The van der Waals surface area contributed by atoms with Crippen molar-refractivity contribution in [2.75, 3.05) is 18.6 Å². The molecule has 0 bridgehead atoms. The van der Waals surface area contributed by atoms with Crippen molar-refractivity contribution in [2.45, 2.75) is 11.7 Å². The van der Waals surface area contributed by atoms with Crippen LogP contribution < -0.4 is 10.2 Å². The van der Waals surface area contributed by atoms with Crippen molar-refractivity contribution in [3.05, 3.63) is 40.9 Å². The molecule has 1 heterocycles. The SMILES string of the molecule is CNC(=O)C(C#N)=C1SC(CCO)C(=O)N1c1ccccc1. The number of nitrogens with zero attached hydrogens (tertiary/aromatic N) is 2. The number of nitriles is 1. The van der Waals surface area contributed by atoms with E-state index in [0.29, 0.717) is 10.7 Å². The van der Waals surface area contributed by atoms with Gasteiger partial charge in [-0.05, 0) is 18.6 Å². The van der Waals surface area contributed by atoms with Gasteiger partial charge in [0.25, 0.3) is 5.91 Å². The molecule has 2 N–H and O–H groups in total. The number of aliphatic hydroxyl groups is 1. The van der Waals surface area contributed by atoms with E-state index in [2.05, 4.69) is 5.32 Å². The van der Waals surface area contributed by atoms with Crippen LogP contribution in [0.3, 0.4) is 0 Å². The highest BCUT2D eigenvalue weighted by molar-refractivity contribution is 8.05. The van der Waals surface area contributed by atoms with E-state index >= 15 is 0 Å². The number of aliphatic hydroxyl groups excluding tert-OH is 1. The van der Waals surface area contributed by atoms with Crippen LogP contribution in [-0.2, 0) is 9.59 Å². The van der Waals surface area contributed by atoms with Gasteiger partial charge in [0.2, 0.25) is 5.91 Å². The standard InChI is InChI=1S/C15H15N3O3S/c1-17-13(20)11(9-16)15-18(10-5-3-2-4-6-10)14(21)12(22-15)7-8-19/h2-6,12,19H,7-8H2,1H3,(H,17,20). The van der Waals surface area contributed by atoms with E-state index in [-0.39, 0.29) is 24.5 Å². The summed E-state index contributed by atoms with van der Waals surface area (Å²) in [6, 6.07) is 10.7. The first-order valence-electron chi connectivity index (χ1n) is 6.67. The third kappa shape index (κ3) is 2.98. The van der Waals surface area contributed by atoms with Crippen molar-refractivity contribution < 1.29 is 14.7 Å². The molecule has 0 saturated carbocycles. The molecule has 1 fully saturated rings. The molecular formula is C15H15N3O3S. The molecule has 1 aliphatic rings. The van der Waals surface area contributed by atoms with Gasteiger partial charge in [0.05, 0.1) is 5.25 Å². The Bertz CT molecular complexity index is 652. The molecule has 1 aliphatic heterocycles. The van der Waals surface area contributed by atoms with Gasteiger partial charge in [-0.1, -0.05) is 30.0 Å². The van der Waals surface area contributed by atoms with Gasteiger partial charge in [0, 0.05) is 19.3 Å². The fraction of sp³-hybridized carbons (Fsp3) is 0.267. The van der Waals surface area contributed by atoms with Crippen LogP contribution in [0.2, 0.25) is 0 Å². The van der Waals surface area contributed by atoms with Gasteiger partial charge in [-0.15, -0.1) is 0 Å². The summed E-state index contributed by atoms with van der Waals surface area (Å²) in [6.45, 7) is -0.138. The molecule has 7 heteroatoms. The van der Waals surface area contributed by atoms with Crippen molar-refractivity contribution >= 4 is 29.3 Å². The van der Waals surface area contributed by atoms with Crippen molar-refractivity contribution in [2.24, 2.45) is 0 Å². The molecule has 0 radical (unpaired) electrons. The van der Waals surface area contributed by atoms with Gasteiger partial charge in [-0.25, -0.2) is 0 Å². The van der Waals surface area contributed by atoms with E-state index in [1.165, 1.54) is 11.9 Å². The molecule has 1 unspecified atom stereocenters. The molecule has 1 saturated heterocycles. The van der Waals surface area contributed by atoms with Gasteiger partial charge in [-0.3, -0.25) is 14.5 Å². The third-order valence-electron chi connectivity index (χ3n) is 3.14. The molecule has 22 heavy (non-hydrogen) atoms. The third-order valence-corrected chi connectivity index (χ3v) is 4.47. The highest BCUT2D eigenvalue weighted by atomic mass is 32.2. The van der Waals surface area contributed by atoms with E-state index in [1.54, 1.807) is 24.3 Å². The number of rotatable bonds is 4. The highest BCUT2D eigenvalue weighted by Crippen LogP contribution is 2.41. The Morgan fingerprint density at radius 3 is 2.68 bits per heavy atom. The van der Waals surface area contributed by atoms with E-state index in [4.69, 9.17) is 5.11 Å². The first-order valence-corrected chi connectivity index (χ1v) is 7.55. The van der Waals surface area contributed by atoms with Gasteiger partial charge in [0.1, 0.15) is 16.7 Å². The molecule has 0 aliphatic carbocycles. The number of carbonyl (C=O) groups is 2. The van der Waals surface area contributed by atoms with Crippen molar-refractivity contribution in [1.82, 2.24) is 5.32 Å². The zero-order valence-corrected chi connectivity index (χ0v) is 12.8. The quantitative estimate of drug-likeness (QED) is 0.638. The van der Waals surface area contributed by atoms with E-state index in [0.717, 1.165) is 11.8 Å². The largest absolute Gasteiger partial charge is 0.396 e. The first-order chi connectivity index (χ1) is 10.6. The Morgan fingerprint density at radius 1 is 1.45 bits per heavy atom. The van der Waals surface area contributed by atoms with Crippen LogP contribution in [0.4, 0.5) is 5.69 Å². The number of hydrogen-bond donors (Lipinski definition) is 2. The number of benzene rings is 1. The lowest BCUT2D eigenvalue weighted by Gasteiger charge is -2.18. The molecule has 1 aromatic rings. The molecule has 114 valence electrons. The Balaban J connectivity index is 2.54. The number of nitrogens with one attached hydrogen (secondary N) is 1. The Kier molecular flexibility index (Phi) is 5.20. The number of hydrogen-bond acceptors (Lipinski definition) is 5. The molecule has 2 rings (SSSR count). The summed E-state index contributed by atoms with van der Waals surface area (Å²) in [5.74, 6) is -0.778. The summed E-state index contributed by atoms with van der Waals surface area (Å²) in [5.41, 5.74) is 0.484. The Hall–Kier alpha value is -2.30. The average molecular weight is 317 g/mol. The van der Waals surface area contributed by atoms with Crippen LogP contribution >= 0.6 is 11.8 Å². The van der Waals surface area contributed by atoms with Crippen LogP contribution in [0.1, 0.15) is 6.42 Å². The van der Waals surface area contributed by atoms with E-state index in [9.17, 15) is 14.9 Å². The Labute approximate surface area is 132 Å². The fourth-order valence-electron chi connectivity index (χ4n) is 2.09. The van der Waals surface area contributed by atoms with Crippen molar-refractivity contribution in [3.8, 4) is 6.07 Å². The summed E-state index contributed by atoms with van der Waals surface area (Å²) in [4.78, 5) is 25.8. The maximum absolute atomic E-state index is 12.6. The van der Waals surface area contributed by atoms with Crippen LogP contribution in [0.15, 0.2) is 40.9 Å². The van der Waals surface area contributed by atoms with Crippen LogP contribution in [0, 0.1) is 11.3 Å². The number of thioether (sulfide) groups is 1. The molecule has 2 amide bonds. The van der Waals surface area contributed by atoms with Gasteiger partial charge in [-0.2, -0.15) is 5.26 Å². The number of para-hydroxylation sites is 1. The fourth-order valence-corrected chi connectivity index (χ4v) is 3.35. The zero-order valence-electron chi connectivity index (χ0n) is 11.9. The summed E-state index contributed by atoms with van der Waals surface area (Å²) in [6.07, 6.45) is 0.267. The first kappa shape index (κ1) is 16.1. The molecule has 0 spiro atoms. The zero-order chi connectivity index (χ0) is 16.1. The van der Waals surface area contributed by atoms with Crippen LogP contribution in [0.25, 0.3) is 0 Å². The van der Waals surface area contributed by atoms with Crippen LogP contribution in [0.5, 0.6) is 0 Å². The van der Waals surface area contributed by atoms with Crippen LogP contribution in [-0.4, -0.2) is 35.8 Å². The molecule has 0 aromatic heterocycles. The smallest absolute Gasteiger partial charge is 0.264 e. The summed E-state index contributed by atoms with van der Waals surface area (Å²) >= 11 is 1.14. The summed E-state index contributed by atoms with van der Waals surface area (Å²) in [5, 5.41) is 20.6. The highest BCUT2D eigenvalue weighted by Gasteiger charge is 2.40. The Morgan fingerprint density at radius 2 is 2.14 bits per heavy atom. The summed E-state index contributed by atoms with van der Waals surface area (Å²) < 4.78 is 0. The van der Waals surface area contributed by atoms with Gasteiger partial charge < -0.3 is 10.4 Å².